The molecule has 0 spiro atoms. The maximum atomic E-state index is 5.72. The van der Waals surface area contributed by atoms with E-state index in [2.05, 4.69) is 27.1 Å². The summed E-state index contributed by atoms with van der Waals surface area (Å²) in [5.74, 6) is 1.73. The molecule has 1 N–H and O–H groups in total. The average Bonchev–Trinajstić information content (AvgIpc) is 2.87. The van der Waals surface area contributed by atoms with Crippen molar-refractivity contribution >= 4 is 41.3 Å². The number of thiazole rings is 1. The molecule has 0 aliphatic rings. The fourth-order valence-corrected chi connectivity index (χ4v) is 2.95. The number of guanidine groups is 1. The third-order valence-electron chi connectivity index (χ3n) is 3.48. The van der Waals surface area contributed by atoms with E-state index in [1.807, 2.05) is 44.3 Å². The van der Waals surface area contributed by atoms with Gasteiger partial charge in [-0.05, 0) is 26.0 Å². The molecule has 0 atom stereocenters. The van der Waals surface area contributed by atoms with Crippen molar-refractivity contribution in [2.75, 3.05) is 27.2 Å². The largest absolute Gasteiger partial charge is 0.492 e. The highest BCUT2D eigenvalue weighted by molar-refractivity contribution is 14.0. The number of aliphatic imine (C=N–C) groups is 1. The lowest BCUT2D eigenvalue weighted by Gasteiger charge is -2.21. The number of nitrogens with zero attached hydrogens (tertiary/aromatic N) is 3. The number of aromatic nitrogens is 1. The predicted molar refractivity (Wildman–Crippen MR) is 112 cm³/mol. The van der Waals surface area contributed by atoms with Crippen LogP contribution in [0.1, 0.15) is 15.6 Å². The smallest absolute Gasteiger partial charge is 0.193 e. The van der Waals surface area contributed by atoms with Gasteiger partial charge in [-0.15, -0.1) is 35.3 Å². The van der Waals surface area contributed by atoms with Crippen molar-refractivity contribution in [2.45, 2.75) is 20.4 Å². The van der Waals surface area contributed by atoms with Crippen LogP contribution in [0.4, 0.5) is 0 Å². The zero-order chi connectivity index (χ0) is 16.7. The van der Waals surface area contributed by atoms with Gasteiger partial charge in [0, 0.05) is 19.0 Å². The first-order valence-electron chi connectivity index (χ1n) is 7.62. The number of rotatable bonds is 6. The molecule has 132 valence electrons. The van der Waals surface area contributed by atoms with Gasteiger partial charge >= 0.3 is 0 Å². The second kappa shape index (κ2) is 10.5. The van der Waals surface area contributed by atoms with E-state index in [0.717, 1.165) is 29.0 Å². The third kappa shape index (κ3) is 6.27. The van der Waals surface area contributed by atoms with Gasteiger partial charge in [-0.25, -0.2) is 4.98 Å². The summed E-state index contributed by atoms with van der Waals surface area (Å²) in [5, 5.41) is 4.42. The van der Waals surface area contributed by atoms with Crippen LogP contribution >= 0.6 is 35.3 Å². The van der Waals surface area contributed by atoms with Gasteiger partial charge < -0.3 is 15.0 Å². The molecule has 0 bridgehead atoms. The highest BCUT2D eigenvalue weighted by atomic mass is 127. The summed E-state index contributed by atoms with van der Waals surface area (Å²) in [5.41, 5.74) is 1.10. The Morgan fingerprint density at radius 3 is 2.58 bits per heavy atom. The molecule has 1 aromatic carbocycles. The van der Waals surface area contributed by atoms with Crippen LogP contribution in [-0.2, 0) is 6.54 Å². The number of hydrogen-bond acceptors (Lipinski definition) is 4. The van der Waals surface area contributed by atoms with E-state index in [9.17, 15) is 0 Å². The summed E-state index contributed by atoms with van der Waals surface area (Å²) < 4.78 is 5.72. The number of ether oxygens (including phenoxy) is 1. The predicted octanol–water partition coefficient (Wildman–Crippen LogP) is 3.46. The van der Waals surface area contributed by atoms with Crippen LogP contribution in [0.5, 0.6) is 5.75 Å². The minimum absolute atomic E-state index is 0. The molecule has 0 fully saturated rings. The molecule has 0 saturated carbocycles. The van der Waals surface area contributed by atoms with E-state index in [4.69, 9.17) is 4.74 Å². The molecule has 0 aliphatic heterocycles. The summed E-state index contributed by atoms with van der Waals surface area (Å²) in [6, 6.07) is 9.84. The number of halogens is 1. The van der Waals surface area contributed by atoms with Gasteiger partial charge in [-0.1, -0.05) is 18.2 Å². The molecule has 7 heteroatoms. The molecule has 24 heavy (non-hydrogen) atoms. The van der Waals surface area contributed by atoms with E-state index in [1.54, 1.807) is 18.4 Å². The van der Waals surface area contributed by atoms with Crippen LogP contribution in [0.2, 0.25) is 0 Å². The second-order valence-corrected chi connectivity index (χ2v) is 6.52. The standard InChI is InChI=1S/C17H24N4OS.HI/c1-13-14(2)23-16(20-13)12-19-17(18-3)21(4)10-11-22-15-8-6-5-7-9-15;/h5-9H,10-12H2,1-4H3,(H,18,19);1H. The van der Waals surface area contributed by atoms with Crippen LogP contribution < -0.4 is 10.1 Å². The fourth-order valence-electron chi connectivity index (χ4n) is 2.08. The molecular weight excluding hydrogens is 435 g/mol. The van der Waals surface area contributed by atoms with Crippen LogP contribution in [0.15, 0.2) is 35.3 Å². The molecule has 5 nitrogen and oxygen atoms in total. The lowest BCUT2D eigenvalue weighted by atomic mass is 10.3. The number of benzene rings is 1. The van der Waals surface area contributed by atoms with Crippen molar-refractivity contribution in [1.29, 1.82) is 0 Å². The van der Waals surface area contributed by atoms with Crippen molar-refractivity contribution in [2.24, 2.45) is 4.99 Å². The molecule has 0 saturated heterocycles. The number of nitrogens with one attached hydrogen (secondary N) is 1. The van der Waals surface area contributed by atoms with E-state index >= 15 is 0 Å². The first-order chi connectivity index (χ1) is 11.1. The van der Waals surface area contributed by atoms with Crippen LogP contribution in [-0.4, -0.2) is 43.1 Å². The normalized spacial score (nSPS) is 10.9. The average molecular weight is 460 g/mol. The quantitative estimate of drug-likeness (QED) is 0.408. The molecule has 0 amide bonds. The van der Waals surface area contributed by atoms with Crippen LogP contribution in [0.3, 0.4) is 0 Å². The molecule has 2 aromatic rings. The Balaban J connectivity index is 0.00000288. The van der Waals surface area contributed by atoms with Gasteiger partial charge in [0.1, 0.15) is 17.4 Å². The monoisotopic (exact) mass is 460 g/mol. The van der Waals surface area contributed by atoms with E-state index in [-0.39, 0.29) is 24.0 Å². The Morgan fingerprint density at radius 1 is 1.29 bits per heavy atom. The Morgan fingerprint density at radius 2 is 2.00 bits per heavy atom. The lowest BCUT2D eigenvalue weighted by Crippen LogP contribution is -2.40. The van der Waals surface area contributed by atoms with Crippen LogP contribution in [0, 0.1) is 13.8 Å². The van der Waals surface area contributed by atoms with Crippen molar-refractivity contribution < 1.29 is 4.74 Å². The summed E-state index contributed by atoms with van der Waals surface area (Å²) in [6.45, 7) is 6.19. The van der Waals surface area contributed by atoms with Crippen molar-refractivity contribution in [3.8, 4) is 5.75 Å². The molecule has 2 rings (SSSR count). The maximum absolute atomic E-state index is 5.72. The number of aryl methyl sites for hydroxylation is 2. The van der Waals surface area contributed by atoms with Gasteiger partial charge in [0.15, 0.2) is 5.96 Å². The Kier molecular flexibility index (Phi) is 9.05. The SMILES string of the molecule is CN=C(NCc1nc(C)c(C)s1)N(C)CCOc1ccccc1.I. The summed E-state index contributed by atoms with van der Waals surface area (Å²) in [4.78, 5) is 12.2. The van der Waals surface area contributed by atoms with E-state index in [1.165, 1.54) is 4.88 Å². The number of hydrogen-bond donors (Lipinski definition) is 1. The summed E-state index contributed by atoms with van der Waals surface area (Å²) >= 11 is 1.72. The summed E-state index contributed by atoms with van der Waals surface area (Å²) in [6.07, 6.45) is 0. The fraction of sp³-hybridized carbons (Fsp3) is 0.412. The first-order valence-corrected chi connectivity index (χ1v) is 8.44. The van der Waals surface area contributed by atoms with Gasteiger partial charge in [-0.2, -0.15) is 0 Å². The minimum atomic E-state index is 0. The first kappa shape index (κ1) is 20.7. The minimum Gasteiger partial charge on any atom is -0.492 e. The number of likely N-dealkylation sites (N-methyl/N-ethyl adjacent to an activating group) is 1. The molecule has 0 aliphatic carbocycles. The van der Waals surface area contributed by atoms with E-state index in [0.29, 0.717) is 13.2 Å². The molecular formula is C17H25IN4OS. The van der Waals surface area contributed by atoms with Gasteiger partial charge in [0.25, 0.3) is 0 Å². The van der Waals surface area contributed by atoms with Crippen molar-refractivity contribution in [3.05, 3.63) is 45.9 Å². The van der Waals surface area contributed by atoms with Gasteiger partial charge in [-0.3, -0.25) is 4.99 Å². The molecule has 1 heterocycles. The molecule has 0 unspecified atom stereocenters. The number of para-hydroxylation sites is 1. The highest BCUT2D eigenvalue weighted by Gasteiger charge is 2.08. The Labute approximate surface area is 165 Å². The Hall–Kier alpha value is -1.35. The zero-order valence-electron chi connectivity index (χ0n) is 14.6. The summed E-state index contributed by atoms with van der Waals surface area (Å²) in [7, 11) is 3.79. The second-order valence-electron chi connectivity index (χ2n) is 5.23. The van der Waals surface area contributed by atoms with E-state index < -0.39 is 0 Å². The van der Waals surface area contributed by atoms with Gasteiger partial charge in [0.2, 0.25) is 0 Å². The lowest BCUT2D eigenvalue weighted by molar-refractivity contribution is 0.281. The Bertz CT molecular complexity index is 626. The van der Waals surface area contributed by atoms with Crippen molar-refractivity contribution in [3.63, 3.8) is 0 Å². The highest BCUT2D eigenvalue weighted by Crippen LogP contribution is 2.16. The maximum Gasteiger partial charge on any atom is 0.193 e. The molecule has 1 aromatic heterocycles. The topological polar surface area (TPSA) is 49.8 Å². The molecule has 0 radical (unpaired) electrons. The third-order valence-corrected chi connectivity index (χ3v) is 4.56. The van der Waals surface area contributed by atoms with Gasteiger partial charge in [0.05, 0.1) is 18.8 Å². The van der Waals surface area contributed by atoms with Crippen molar-refractivity contribution in [1.82, 2.24) is 15.2 Å². The zero-order valence-corrected chi connectivity index (χ0v) is 17.7. The van der Waals surface area contributed by atoms with Crippen LogP contribution in [0.25, 0.3) is 0 Å².